The van der Waals surface area contributed by atoms with Crippen molar-refractivity contribution in [2.24, 2.45) is 11.8 Å². The molecule has 1 aliphatic heterocycles. The predicted octanol–water partition coefficient (Wildman–Crippen LogP) is 0.639. The SMILES string of the molecule is O=C(COC(=O)CCN1C(=O)[C@H]2CC=CC[C@H]2C1=O)NC(=O)NC1CCCC1. The van der Waals surface area contributed by atoms with E-state index in [1.165, 1.54) is 0 Å². The largest absolute Gasteiger partial charge is 0.456 e. The molecule has 5 amide bonds. The van der Waals surface area contributed by atoms with Crippen molar-refractivity contribution in [3.05, 3.63) is 12.2 Å². The molecule has 0 aromatic rings. The van der Waals surface area contributed by atoms with Crippen LogP contribution in [-0.4, -0.2) is 53.8 Å². The van der Waals surface area contributed by atoms with Crippen LogP contribution in [0, 0.1) is 11.8 Å². The number of amides is 5. The molecule has 9 nitrogen and oxygen atoms in total. The van der Waals surface area contributed by atoms with E-state index in [2.05, 4.69) is 10.6 Å². The van der Waals surface area contributed by atoms with Crippen LogP contribution in [0.4, 0.5) is 4.79 Å². The number of esters is 1. The van der Waals surface area contributed by atoms with Crippen LogP contribution in [0.15, 0.2) is 12.2 Å². The van der Waals surface area contributed by atoms with Gasteiger partial charge in [0.25, 0.3) is 5.91 Å². The van der Waals surface area contributed by atoms with Gasteiger partial charge in [-0.3, -0.25) is 29.4 Å². The number of imide groups is 2. The Kier molecular flexibility index (Phi) is 6.43. The minimum atomic E-state index is -0.728. The third-order valence-corrected chi connectivity index (χ3v) is 5.45. The van der Waals surface area contributed by atoms with Gasteiger partial charge in [-0.2, -0.15) is 0 Å². The molecule has 1 saturated heterocycles. The first kappa shape index (κ1) is 20.0. The minimum absolute atomic E-state index is 0.0622. The van der Waals surface area contributed by atoms with Gasteiger partial charge in [0.05, 0.1) is 18.3 Å². The van der Waals surface area contributed by atoms with E-state index in [-0.39, 0.29) is 42.7 Å². The maximum Gasteiger partial charge on any atom is 0.321 e. The van der Waals surface area contributed by atoms with Gasteiger partial charge in [0.1, 0.15) is 0 Å². The van der Waals surface area contributed by atoms with E-state index in [0.29, 0.717) is 12.8 Å². The predicted molar refractivity (Wildman–Crippen MR) is 96.6 cm³/mol. The molecule has 3 aliphatic rings. The number of likely N-dealkylation sites (tertiary alicyclic amines) is 1. The highest BCUT2D eigenvalue weighted by atomic mass is 16.5. The van der Waals surface area contributed by atoms with Gasteiger partial charge in [0.15, 0.2) is 6.61 Å². The lowest BCUT2D eigenvalue weighted by Gasteiger charge is -2.14. The molecule has 0 unspecified atom stereocenters. The van der Waals surface area contributed by atoms with Gasteiger partial charge < -0.3 is 10.1 Å². The molecule has 0 aromatic carbocycles. The zero-order valence-electron chi connectivity index (χ0n) is 15.6. The van der Waals surface area contributed by atoms with Crippen LogP contribution >= 0.6 is 0 Å². The summed E-state index contributed by atoms with van der Waals surface area (Å²) in [7, 11) is 0. The number of fused-ring (bicyclic) bond motifs is 1. The number of carbonyl (C=O) groups is 5. The molecule has 1 saturated carbocycles. The van der Waals surface area contributed by atoms with Gasteiger partial charge in [-0.25, -0.2) is 4.79 Å². The number of carbonyl (C=O) groups excluding carboxylic acids is 5. The first-order valence-electron chi connectivity index (χ1n) is 9.72. The number of allylic oxidation sites excluding steroid dienone is 2. The van der Waals surface area contributed by atoms with Crippen molar-refractivity contribution in [2.45, 2.75) is 51.0 Å². The van der Waals surface area contributed by atoms with E-state index >= 15 is 0 Å². The first-order valence-corrected chi connectivity index (χ1v) is 9.72. The molecular formula is C19H25N3O6. The van der Waals surface area contributed by atoms with Crippen LogP contribution in [0.5, 0.6) is 0 Å². The van der Waals surface area contributed by atoms with Crippen LogP contribution in [0.25, 0.3) is 0 Å². The van der Waals surface area contributed by atoms with E-state index < -0.39 is 24.5 Å². The zero-order chi connectivity index (χ0) is 20.1. The highest BCUT2D eigenvalue weighted by Crippen LogP contribution is 2.34. The summed E-state index contributed by atoms with van der Waals surface area (Å²) in [5, 5.41) is 4.81. The highest BCUT2D eigenvalue weighted by molar-refractivity contribution is 6.05. The molecule has 2 atom stereocenters. The van der Waals surface area contributed by atoms with Crippen LogP contribution in [0.2, 0.25) is 0 Å². The molecular weight excluding hydrogens is 366 g/mol. The Morgan fingerprint density at radius 3 is 2.25 bits per heavy atom. The molecule has 28 heavy (non-hydrogen) atoms. The minimum Gasteiger partial charge on any atom is -0.456 e. The number of rotatable bonds is 6. The van der Waals surface area contributed by atoms with Crippen LogP contribution < -0.4 is 10.6 Å². The standard InChI is InChI=1S/C19H25N3O6/c23-15(21-19(27)20-12-5-1-2-6-12)11-28-16(24)9-10-22-17(25)13-7-3-4-8-14(13)18(22)26/h3-4,12-14H,1-2,5-11H2,(H2,20,21,23,27)/t13-,14+. The summed E-state index contributed by atoms with van der Waals surface area (Å²) >= 11 is 0. The monoisotopic (exact) mass is 391 g/mol. The van der Waals surface area contributed by atoms with Crippen LogP contribution in [-0.2, 0) is 23.9 Å². The van der Waals surface area contributed by atoms with Crippen LogP contribution in [0.1, 0.15) is 44.9 Å². The van der Waals surface area contributed by atoms with E-state index in [0.717, 1.165) is 30.6 Å². The molecule has 0 aromatic heterocycles. The first-order chi connectivity index (χ1) is 13.5. The Morgan fingerprint density at radius 2 is 1.64 bits per heavy atom. The summed E-state index contributed by atoms with van der Waals surface area (Å²) in [6.07, 6.45) is 8.57. The topological polar surface area (TPSA) is 122 Å². The Bertz CT molecular complexity index is 672. The molecule has 0 spiro atoms. The highest BCUT2D eigenvalue weighted by Gasteiger charge is 2.46. The molecule has 152 valence electrons. The molecule has 0 radical (unpaired) electrons. The summed E-state index contributed by atoms with van der Waals surface area (Å²) in [5.74, 6) is -2.62. The Labute approximate surface area is 162 Å². The van der Waals surface area contributed by atoms with Crippen molar-refractivity contribution in [3.8, 4) is 0 Å². The molecule has 2 N–H and O–H groups in total. The number of nitrogens with one attached hydrogen (secondary N) is 2. The summed E-state index contributed by atoms with van der Waals surface area (Å²) < 4.78 is 4.83. The maximum absolute atomic E-state index is 12.3. The number of hydrogen-bond acceptors (Lipinski definition) is 6. The molecule has 2 fully saturated rings. The molecule has 9 heteroatoms. The second kappa shape index (κ2) is 8.99. The summed E-state index contributed by atoms with van der Waals surface area (Å²) in [4.78, 5) is 60.9. The van der Waals surface area contributed by atoms with Gasteiger partial charge in [-0.05, 0) is 25.7 Å². The lowest BCUT2D eigenvalue weighted by Crippen LogP contribution is -2.45. The van der Waals surface area contributed by atoms with E-state index in [1.807, 2.05) is 12.2 Å². The molecule has 3 rings (SSSR count). The lowest BCUT2D eigenvalue weighted by atomic mass is 9.85. The lowest BCUT2D eigenvalue weighted by molar-refractivity contribution is -0.149. The fourth-order valence-corrected chi connectivity index (χ4v) is 3.97. The molecule has 2 aliphatic carbocycles. The number of ether oxygens (including phenoxy) is 1. The van der Waals surface area contributed by atoms with Crippen molar-refractivity contribution in [1.29, 1.82) is 0 Å². The summed E-state index contributed by atoms with van der Waals surface area (Å²) in [6.45, 7) is -0.652. The summed E-state index contributed by atoms with van der Waals surface area (Å²) in [5.41, 5.74) is 0. The van der Waals surface area contributed by atoms with Gasteiger partial charge in [-0.1, -0.05) is 25.0 Å². The van der Waals surface area contributed by atoms with E-state index in [9.17, 15) is 24.0 Å². The van der Waals surface area contributed by atoms with Gasteiger partial charge in [0, 0.05) is 12.6 Å². The smallest absolute Gasteiger partial charge is 0.321 e. The maximum atomic E-state index is 12.3. The second-order valence-corrected chi connectivity index (χ2v) is 7.40. The van der Waals surface area contributed by atoms with Gasteiger partial charge in [-0.15, -0.1) is 0 Å². The fourth-order valence-electron chi connectivity index (χ4n) is 3.97. The Morgan fingerprint density at radius 1 is 1.04 bits per heavy atom. The molecule has 0 bridgehead atoms. The molecule has 1 heterocycles. The third kappa shape index (κ3) is 4.76. The van der Waals surface area contributed by atoms with E-state index in [1.54, 1.807) is 0 Å². The number of nitrogens with zero attached hydrogens (tertiary/aromatic N) is 1. The van der Waals surface area contributed by atoms with Crippen molar-refractivity contribution in [3.63, 3.8) is 0 Å². The van der Waals surface area contributed by atoms with Gasteiger partial charge >= 0.3 is 12.0 Å². The number of hydrogen-bond donors (Lipinski definition) is 2. The Balaban J connectivity index is 1.35. The Hall–Kier alpha value is -2.71. The number of urea groups is 1. The average Bonchev–Trinajstić information content (AvgIpc) is 3.26. The van der Waals surface area contributed by atoms with Crippen LogP contribution in [0.3, 0.4) is 0 Å². The normalized spacial score (nSPS) is 24.2. The zero-order valence-corrected chi connectivity index (χ0v) is 15.6. The third-order valence-electron chi connectivity index (χ3n) is 5.45. The summed E-state index contributed by atoms with van der Waals surface area (Å²) in [6, 6.07) is -0.526. The quantitative estimate of drug-likeness (QED) is 0.389. The van der Waals surface area contributed by atoms with Crippen molar-refractivity contribution in [2.75, 3.05) is 13.2 Å². The fraction of sp³-hybridized carbons (Fsp3) is 0.632. The van der Waals surface area contributed by atoms with Gasteiger partial charge in [0.2, 0.25) is 11.8 Å². The average molecular weight is 391 g/mol. The second-order valence-electron chi connectivity index (χ2n) is 7.40. The van der Waals surface area contributed by atoms with E-state index in [4.69, 9.17) is 4.74 Å². The van der Waals surface area contributed by atoms with Crippen molar-refractivity contribution < 1.29 is 28.7 Å². The van der Waals surface area contributed by atoms with Crippen molar-refractivity contribution >= 4 is 29.7 Å². The van der Waals surface area contributed by atoms with Crippen molar-refractivity contribution in [1.82, 2.24) is 15.5 Å².